The minimum absolute atomic E-state index is 0.0312. The molecule has 2 aliphatic rings. The highest BCUT2D eigenvalue weighted by Crippen LogP contribution is 2.39. The molecule has 30 heavy (non-hydrogen) atoms. The Morgan fingerprint density at radius 3 is 2.50 bits per heavy atom. The van der Waals surface area contributed by atoms with Gasteiger partial charge in [-0.1, -0.05) is 11.6 Å². The van der Waals surface area contributed by atoms with Gasteiger partial charge in [0.2, 0.25) is 0 Å². The number of Topliss-reactive ketones (excluding diaryl/α,β-unsaturated/α-hetero) is 1. The van der Waals surface area contributed by atoms with Crippen molar-refractivity contribution in [2.75, 3.05) is 39.4 Å². The van der Waals surface area contributed by atoms with Gasteiger partial charge in [-0.25, -0.2) is 0 Å². The molecule has 0 radical (unpaired) electrons. The smallest absolute Gasteiger partial charge is 0.295 e. The molecule has 1 aromatic carbocycles. The number of hydrogen-bond donors (Lipinski definition) is 1. The van der Waals surface area contributed by atoms with E-state index in [0.29, 0.717) is 42.5 Å². The number of rotatable bonds is 6. The van der Waals surface area contributed by atoms with Crippen LogP contribution in [0.4, 0.5) is 0 Å². The molecule has 8 heteroatoms. The number of morpholine rings is 1. The number of ether oxygens (including phenoxy) is 1. The van der Waals surface area contributed by atoms with Gasteiger partial charge >= 0.3 is 0 Å². The van der Waals surface area contributed by atoms with Gasteiger partial charge in [-0.05, 0) is 42.8 Å². The van der Waals surface area contributed by atoms with E-state index >= 15 is 0 Å². The minimum Gasteiger partial charge on any atom is -0.507 e. The van der Waals surface area contributed by atoms with Crippen LogP contribution >= 0.6 is 11.6 Å². The molecule has 4 rings (SSSR count). The maximum Gasteiger partial charge on any atom is 0.295 e. The quantitative estimate of drug-likeness (QED) is 0.431. The zero-order valence-corrected chi connectivity index (χ0v) is 17.2. The third-order valence-electron chi connectivity index (χ3n) is 5.45. The molecule has 1 aromatic heterocycles. The number of halogens is 1. The van der Waals surface area contributed by atoms with Gasteiger partial charge in [0, 0.05) is 36.8 Å². The van der Waals surface area contributed by atoms with E-state index in [1.165, 1.54) is 11.2 Å². The van der Waals surface area contributed by atoms with Gasteiger partial charge < -0.3 is 19.2 Å². The summed E-state index contributed by atoms with van der Waals surface area (Å²) in [6, 6.07) is 9.12. The molecule has 1 amide bonds. The highest BCUT2D eigenvalue weighted by atomic mass is 35.5. The lowest BCUT2D eigenvalue weighted by atomic mass is 9.99. The SMILES string of the molecule is O=C1C(=O)N(CCCN2CCOCC2)C(c2ccco2)/C1=C(/O)c1ccc(Cl)cc1. The van der Waals surface area contributed by atoms with Crippen LogP contribution in [0.2, 0.25) is 5.02 Å². The van der Waals surface area contributed by atoms with Gasteiger partial charge in [-0.15, -0.1) is 0 Å². The van der Waals surface area contributed by atoms with E-state index in [0.717, 1.165) is 19.6 Å². The molecule has 0 bridgehead atoms. The van der Waals surface area contributed by atoms with Crippen LogP contribution in [0.15, 0.2) is 52.7 Å². The normalized spacial score (nSPS) is 22.0. The van der Waals surface area contributed by atoms with Crippen molar-refractivity contribution >= 4 is 29.1 Å². The standard InChI is InChI=1S/C22H23ClN2O5/c23-16-6-4-15(5-7-16)20(26)18-19(17-3-1-12-30-17)25(22(28)21(18)27)9-2-8-24-10-13-29-14-11-24/h1,3-7,12,19,26H,2,8-11,13-14H2/b20-18-. The van der Waals surface area contributed by atoms with Crippen LogP contribution in [0, 0.1) is 0 Å². The Hall–Kier alpha value is -2.61. The highest BCUT2D eigenvalue weighted by Gasteiger charge is 2.47. The molecule has 3 heterocycles. The first-order valence-electron chi connectivity index (χ1n) is 9.94. The molecule has 2 fully saturated rings. The molecule has 1 atom stereocenters. The summed E-state index contributed by atoms with van der Waals surface area (Å²) in [4.78, 5) is 29.5. The molecular weight excluding hydrogens is 408 g/mol. The van der Waals surface area contributed by atoms with E-state index in [-0.39, 0.29) is 11.3 Å². The Bertz CT molecular complexity index is 933. The summed E-state index contributed by atoms with van der Waals surface area (Å²) < 4.78 is 10.9. The van der Waals surface area contributed by atoms with Crippen LogP contribution < -0.4 is 0 Å². The Morgan fingerprint density at radius 1 is 1.10 bits per heavy atom. The van der Waals surface area contributed by atoms with Gasteiger partial charge in [0.1, 0.15) is 17.6 Å². The van der Waals surface area contributed by atoms with Crippen molar-refractivity contribution in [2.45, 2.75) is 12.5 Å². The van der Waals surface area contributed by atoms with Gasteiger partial charge in [-0.2, -0.15) is 0 Å². The second-order valence-electron chi connectivity index (χ2n) is 7.32. The van der Waals surface area contributed by atoms with Crippen molar-refractivity contribution in [1.82, 2.24) is 9.80 Å². The zero-order chi connectivity index (χ0) is 21.1. The average molecular weight is 431 g/mol. The number of nitrogens with zero attached hydrogens (tertiary/aromatic N) is 2. The summed E-state index contributed by atoms with van der Waals surface area (Å²) in [6.07, 6.45) is 2.19. The summed E-state index contributed by atoms with van der Waals surface area (Å²) in [5, 5.41) is 11.4. The molecule has 1 unspecified atom stereocenters. The molecular formula is C22H23ClN2O5. The predicted molar refractivity (Wildman–Crippen MR) is 111 cm³/mol. The fourth-order valence-electron chi connectivity index (χ4n) is 3.91. The molecule has 7 nitrogen and oxygen atoms in total. The van der Waals surface area contributed by atoms with Gasteiger partial charge in [0.25, 0.3) is 11.7 Å². The van der Waals surface area contributed by atoms with Crippen molar-refractivity contribution in [2.24, 2.45) is 0 Å². The van der Waals surface area contributed by atoms with Gasteiger partial charge in [-0.3, -0.25) is 14.5 Å². The van der Waals surface area contributed by atoms with E-state index in [9.17, 15) is 14.7 Å². The minimum atomic E-state index is -0.764. The summed E-state index contributed by atoms with van der Waals surface area (Å²) in [5.41, 5.74) is 0.450. The van der Waals surface area contributed by atoms with Crippen LogP contribution in [0.25, 0.3) is 5.76 Å². The van der Waals surface area contributed by atoms with Gasteiger partial charge in [0.05, 0.1) is 25.1 Å². The Balaban J connectivity index is 1.61. The first-order valence-corrected chi connectivity index (χ1v) is 10.3. The Morgan fingerprint density at radius 2 is 1.83 bits per heavy atom. The van der Waals surface area contributed by atoms with E-state index in [1.807, 2.05) is 0 Å². The maximum atomic E-state index is 12.9. The largest absolute Gasteiger partial charge is 0.507 e. The second-order valence-corrected chi connectivity index (χ2v) is 7.76. The maximum absolute atomic E-state index is 12.9. The monoisotopic (exact) mass is 430 g/mol. The third-order valence-corrected chi connectivity index (χ3v) is 5.70. The number of benzene rings is 1. The van der Waals surface area contributed by atoms with Crippen molar-refractivity contribution in [3.05, 3.63) is 64.6 Å². The molecule has 158 valence electrons. The molecule has 2 aliphatic heterocycles. The van der Waals surface area contributed by atoms with E-state index in [1.54, 1.807) is 36.4 Å². The number of likely N-dealkylation sites (tertiary alicyclic amines) is 1. The number of furan rings is 1. The number of aliphatic hydroxyl groups is 1. The van der Waals surface area contributed by atoms with Crippen molar-refractivity contribution < 1.29 is 23.8 Å². The highest BCUT2D eigenvalue weighted by molar-refractivity contribution is 6.46. The number of carbonyl (C=O) groups excluding carboxylic acids is 2. The van der Waals surface area contributed by atoms with Crippen molar-refractivity contribution in [3.8, 4) is 0 Å². The molecule has 0 aliphatic carbocycles. The number of aliphatic hydroxyl groups excluding tert-OH is 1. The van der Waals surface area contributed by atoms with Crippen LogP contribution in [0.5, 0.6) is 0 Å². The van der Waals surface area contributed by atoms with Crippen LogP contribution in [0.1, 0.15) is 23.8 Å². The summed E-state index contributed by atoms with van der Waals surface area (Å²) in [5.74, 6) is -1.14. The predicted octanol–water partition coefficient (Wildman–Crippen LogP) is 3.08. The molecule has 1 N–H and O–H groups in total. The van der Waals surface area contributed by atoms with E-state index < -0.39 is 17.7 Å². The number of carbonyl (C=O) groups is 2. The van der Waals surface area contributed by atoms with Crippen LogP contribution in [-0.2, 0) is 14.3 Å². The van der Waals surface area contributed by atoms with Crippen LogP contribution in [-0.4, -0.2) is 66.0 Å². The van der Waals surface area contributed by atoms with Crippen molar-refractivity contribution in [3.63, 3.8) is 0 Å². The first kappa shape index (κ1) is 20.7. The molecule has 0 saturated carbocycles. The fraction of sp³-hybridized carbons (Fsp3) is 0.364. The summed E-state index contributed by atoms with van der Waals surface area (Å²) in [7, 11) is 0. The average Bonchev–Trinajstić information content (AvgIpc) is 3.37. The first-order chi connectivity index (χ1) is 14.6. The molecule has 0 spiro atoms. The lowest BCUT2D eigenvalue weighted by Crippen LogP contribution is -2.38. The molecule has 2 saturated heterocycles. The Labute approximate surface area is 179 Å². The number of ketones is 1. The molecule has 2 aromatic rings. The van der Waals surface area contributed by atoms with Crippen molar-refractivity contribution in [1.29, 1.82) is 0 Å². The lowest BCUT2D eigenvalue weighted by molar-refractivity contribution is -0.140. The second kappa shape index (κ2) is 9.04. The van der Waals surface area contributed by atoms with Gasteiger partial charge in [0.15, 0.2) is 0 Å². The number of amides is 1. The van der Waals surface area contributed by atoms with Crippen LogP contribution in [0.3, 0.4) is 0 Å². The zero-order valence-electron chi connectivity index (χ0n) is 16.4. The van der Waals surface area contributed by atoms with E-state index in [2.05, 4.69) is 4.90 Å². The Kier molecular flexibility index (Phi) is 6.22. The summed E-state index contributed by atoms with van der Waals surface area (Å²) >= 11 is 5.93. The number of hydrogen-bond acceptors (Lipinski definition) is 6. The van der Waals surface area contributed by atoms with E-state index in [4.69, 9.17) is 20.8 Å². The topological polar surface area (TPSA) is 83.2 Å². The summed E-state index contributed by atoms with van der Waals surface area (Å²) in [6.45, 7) is 4.31. The third kappa shape index (κ3) is 4.14. The lowest BCUT2D eigenvalue weighted by Gasteiger charge is -2.28. The fourth-order valence-corrected chi connectivity index (χ4v) is 4.03.